The number of nitrogens with zero attached hydrogens (tertiary/aromatic N) is 1. The van der Waals surface area contributed by atoms with Crippen LogP contribution in [0.3, 0.4) is 0 Å². The fraction of sp³-hybridized carbons (Fsp3) is 0.381. The molecule has 6 nitrogen and oxygen atoms in total. The van der Waals surface area contributed by atoms with Crippen molar-refractivity contribution in [3.05, 3.63) is 65.2 Å². The van der Waals surface area contributed by atoms with Gasteiger partial charge in [0.05, 0.1) is 16.6 Å². The number of rotatable bonds is 6. The smallest absolute Gasteiger partial charge is 0.338 e. The number of sulfonamides is 1. The summed E-state index contributed by atoms with van der Waals surface area (Å²) in [7, 11) is -3.94. The molecule has 0 fully saturated rings. The third-order valence-corrected chi connectivity index (χ3v) is 6.43. The zero-order chi connectivity index (χ0) is 20.5. The largest absolute Gasteiger partial charge is 0.457 e. The Bertz CT molecular complexity index is 964. The number of hydrogen-bond acceptors (Lipinski definition) is 5. The standard InChI is InChI=1S/C21H25NO5S/c1-21(2,3)14-22(12-18(23)15-8-5-4-6-9-15)28(25,26)19-11-7-10-16-17(19)13-27-20(16)24/h4-11,18,23H,12-14H2,1-3H3. The minimum atomic E-state index is -3.94. The lowest BCUT2D eigenvalue weighted by atomic mass is 9.97. The Morgan fingerprint density at radius 1 is 1.11 bits per heavy atom. The molecular formula is C21H25NO5S. The molecule has 0 spiro atoms. The summed E-state index contributed by atoms with van der Waals surface area (Å²) in [5.41, 5.74) is 0.975. The van der Waals surface area contributed by atoms with E-state index in [0.29, 0.717) is 11.1 Å². The number of ether oxygens (including phenoxy) is 1. The molecule has 0 saturated heterocycles. The van der Waals surface area contributed by atoms with Gasteiger partial charge in [0.15, 0.2) is 0 Å². The van der Waals surface area contributed by atoms with Crippen LogP contribution in [0.1, 0.15) is 48.4 Å². The molecule has 28 heavy (non-hydrogen) atoms. The quantitative estimate of drug-likeness (QED) is 0.749. The van der Waals surface area contributed by atoms with E-state index >= 15 is 0 Å². The Labute approximate surface area is 165 Å². The van der Waals surface area contributed by atoms with E-state index in [2.05, 4.69) is 0 Å². The molecule has 1 unspecified atom stereocenters. The molecule has 1 aliphatic heterocycles. The van der Waals surface area contributed by atoms with Crippen molar-refractivity contribution >= 4 is 16.0 Å². The van der Waals surface area contributed by atoms with Crippen molar-refractivity contribution in [2.45, 2.75) is 38.4 Å². The minimum Gasteiger partial charge on any atom is -0.457 e. The SMILES string of the molecule is CC(C)(C)CN(CC(O)c1ccccc1)S(=O)(=O)c1cccc2c1COC2=O. The molecule has 0 amide bonds. The van der Waals surface area contributed by atoms with Crippen LogP contribution < -0.4 is 0 Å². The third-order valence-electron chi connectivity index (χ3n) is 4.53. The van der Waals surface area contributed by atoms with Crippen LogP contribution in [0, 0.1) is 5.41 Å². The summed E-state index contributed by atoms with van der Waals surface area (Å²) >= 11 is 0. The lowest BCUT2D eigenvalue weighted by molar-refractivity contribution is 0.0534. The van der Waals surface area contributed by atoms with E-state index in [-0.39, 0.29) is 35.6 Å². The van der Waals surface area contributed by atoms with Crippen molar-refractivity contribution in [3.8, 4) is 0 Å². The molecule has 2 aromatic carbocycles. The second-order valence-corrected chi connectivity index (χ2v) is 10.0. The van der Waals surface area contributed by atoms with Crippen molar-refractivity contribution in [2.24, 2.45) is 5.41 Å². The van der Waals surface area contributed by atoms with Gasteiger partial charge in [-0.2, -0.15) is 4.31 Å². The average molecular weight is 404 g/mol. The van der Waals surface area contributed by atoms with Gasteiger partial charge in [0.25, 0.3) is 0 Å². The number of carbonyl (C=O) groups is 1. The van der Waals surface area contributed by atoms with Gasteiger partial charge in [0.1, 0.15) is 6.61 Å². The summed E-state index contributed by atoms with van der Waals surface area (Å²) < 4.78 is 33.3. The zero-order valence-electron chi connectivity index (χ0n) is 16.3. The van der Waals surface area contributed by atoms with Gasteiger partial charge < -0.3 is 9.84 Å². The Kier molecular flexibility index (Phi) is 5.61. The third kappa shape index (κ3) is 4.27. The van der Waals surface area contributed by atoms with Crippen molar-refractivity contribution in [1.82, 2.24) is 4.31 Å². The van der Waals surface area contributed by atoms with Crippen LogP contribution in [0.4, 0.5) is 0 Å². The molecule has 1 atom stereocenters. The molecule has 7 heteroatoms. The highest BCUT2D eigenvalue weighted by atomic mass is 32.2. The van der Waals surface area contributed by atoms with Gasteiger partial charge in [0.2, 0.25) is 10.0 Å². The van der Waals surface area contributed by atoms with E-state index in [0.717, 1.165) is 0 Å². The predicted molar refractivity (Wildman–Crippen MR) is 105 cm³/mol. The zero-order valence-corrected chi connectivity index (χ0v) is 17.1. The maximum atomic E-state index is 13.5. The molecule has 1 heterocycles. The van der Waals surface area contributed by atoms with Crippen LogP contribution in [0.15, 0.2) is 53.4 Å². The maximum absolute atomic E-state index is 13.5. The Balaban J connectivity index is 1.99. The Morgan fingerprint density at radius 3 is 2.43 bits per heavy atom. The first-order valence-corrected chi connectivity index (χ1v) is 10.6. The highest BCUT2D eigenvalue weighted by Crippen LogP contribution is 2.31. The topological polar surface area (TPSA) is 83.9 Å². The molecule has 2 aromatic rings. The lowest BCUT2D eigenvalue weighted by Crippen LogP contribution is -2.40. The summed E-state index contributed by atoms with van der Waals surface area (Å²) in [5, 5.41) is 10.6. The molecule has 0 aromatic heterocycles. The highest BCUT2D eigenvalue weighted by Gasteiger charge is 2.35. The van der Waals surface area contributed by atoms with E-state index in [1.54, 1.807) is 36.4 Å². The van der Waals surface area contributed by atoms with E-state index in [4.69, 9.17) is 4.74 Å². The minimum absolute atomic E-state index is 0.0559. The van der Waals surface area contributed by atoms with E-state index in [1.807, 2.05) is 26.8 Å². The summed E-state index contributed by atoms with van der Waals surface area (Å²) in [6.45, 7) is 5.89. The Morgan fingerprint density at radius 2 is 1.79 bits per heavy atom. The first-order chi connectivity index (χ1) is 13.1. The van der Waals surface area contributed by atoms with Gasteiger partial charge in [-0.1, -0.05) is 57.2 Å². The Hall–Kier alpha value is -2.22. The van der Waals surface area contributed by atoms with Crippen molar-refractivity contribution in [2.75, 3.05) is 13.1 Å². The summed E-state index contributed by atoms with van der Waals surface area (Å²) in [5.74, 6) is -0.515. The molecule has 0 aliphatic carbocycles. The average Bonchev–Trinajstić information content (AvgIpc) is 3.02. The highest BCUT2D eigenvalue weighted by molar-refractivity contribution is 7.89. The van der Waals surface area contributed by atoms with Gasteiger partial charge in [0, 0.05) is 18.7 Å². The van der Waals surface area contributed by atoms with Crippen LogP contribution in [0.25, 0.3) is 0 Å². The number of cyclic esters (lactones) is 1. The number of aliphatic hydroxyl groups excluding tert-OH is 1. The van der Waals surface area contributed by atoms with Crippen LogP contribution in [-0.4, -0.2) is 36.9 Å². The fourth-order valence-electron chi connectivity index (χ4n) is 3.25. The van der Waals surface area contributed by atoms with Crippen molar-refractivity contribution in [1.29, 1.82) is 0 Å². The van der Waals surface area contributed by atoms with E-state index in [1.165, 1.54) is 10.4 Å². The number of esters is 1. The van der Waals surface area contributed by atoms with Crippen LogP contribution in [0.2, 0.25) is 0 Å². The molecule has 1 N–H and O–H groups in total. The second kappa shape index (κ2) is 7.66. The van der Waals surface area contributed by atoms with Crippen LogP contribution in [-0.2, 0) is 21.4 Å². The van der Waals surface area contributed by atoms with Gasteiger partial charge >= 0.3 is 5.97 Å². The van der Waals surface area contributed by atoms with Gasteiger partial charge in [-0.3, -0.25) is 0 Å². The molecular weight excluding hydrogens is 378 g/mol. The number of hydrogen-bond donors (Lipinski definition) is 1. The number of benzene rings is 2. The maximum Gasteiger partial charge on any atom is 0.338 e. The van der Waals surface area contributed by atoms with E-state index in [9.17, 15) is 18.3 Å². The first-order valence-electron chi connectivity index (χ1n) is 9.12. The van der Waals surface area contributed by atoms with Gasteiger partial charge in [-0.05, 0) is 23.1 Å². The van der Waals surface area contributed by atoms with Crippen LogP contribution >= 0.6 is 0 Å². The van der Waals surface area contributed by atoms with Crippen LogP contribution in [0.5, 0.6) is 0 Å². The van der Waals surface area contributed by atoms with Crippen molar-refractivity contribution < 1.29 is 23.1 Å². The fourth-order valence-corrected chi connectivity index (χ4v) is 5.16. The van der Waals surface area contributed by atoms with Gasteiger partial charge in [-0.15, -0.1) is 0 Å². The monoisotopic (exact) mass is 403 g/mol. The summed E-state index contributed by atoms with van der Waals surface area (Å²) in [6, 6.07) is 13.6. The summed E-state index contributed by atoms with van der Waals surface area (Å²) in [6.07, 6.45) is -0.965. The second-order valence-electron chi connectivity index (χ2n) is 8.14. The molecule has 150 valence electrons. The van der Waals surface area contributed by atoms with Gasteiger partial charge in [-0.25, -0.2) is 13.2 Å². The molecule has 1 aliphatic rings. The molecule has 0 radical (unpaired) electrons. The lowest BCUT2D eigenvalue weighted by Gasteiger charge is -2.31. The molecule has 0 saturated carbocycles. The normalized spacial score (nSPS) is 15.4. The number of fused-ring (bicyclic) bond motifs is 1. The number of aliphatic hydroxyl groups is 1. The number of carbonyl (C=O) groups excluding carboxylic acids is 1. The summed E-state index contributed by atoms with van der Waals surface area (Å²) in [4.78, 5) is 11.9. The molecule has 0 bridgehead atoms. The molecule has 3 rings (SSSR count). The first kappa shape index (κ1) is 20.5. The van der Waals surface area contributed by atoms with E-state index < -0.39 is 22.1 Å². The van der Waals surface area contributed by atoms with Crippen molar-refractivity contribution in [3.63, 3.8) is 0 Å². The predicted octanol–water partition coefficient (Wildman–Crippen LogP) is 3.13.